The molecular weight excluding hydrogens is 518 g/mol. The van der Waals surface area contributed by atoms with Gasteiger partial charge in [-0.3, -0.25) is 4.79 Å². The van der Waals surface area contributed by atoms with Gasteiger partial charge in [0.25, 0.3) is 0 Å². The van der Waals surface area contributed by atoms with E-state index >= 15 is 0 Å². The highest BCUT2D eigenvalue weighted by molar-refractivity contribution is 8.18. The molecule has 2 heterocycles. The second-order valence-electron chi connectivity index (χ2n) is 8.97. The number of halogens is 1. The molecule has 188 valence electrons. The van der Waals surface area contributed by atoms with Crippen LogP contribution >= 0.6 is 23.4 Å². The molecule has 0 saturated heterocycles. The number of methoxy groups -OCH3 is 1. The van der Waals surface area contributed by atoms with Crippen LogP contribution in [0.3, 0.4) is 0 Å². The third-order valence-electron chi connectivity index (χ3n) is 6.58. The Labute approximate surface area is 228 Å². The highest BCUT2D eigenvalue weighted by Gasteiger charge is 2.37. The first-order chi connectivity index (χ1) is 18.5. The number of carbonyl (C=O) groups excluding carboxylic acids is 1. The summed E-state index contributed by atoms with van der Waals surface area (Å²) in [5, 5.41) is 19.5. The van der Waals surface area contributed by atoms with Crippen LogP contribution in [0.2, 0.25) is 5.02 Å². The predicted molar refractivity (Wildman–Crippen MR) is 154 cm³/mol. The first kappa shape index (κ1) is 24.3. The average molecular weight is 540 g/mol. The number of hydrogen-bond acceptors (Lipinski definition) is 6. The molecule has 1 unspecified atom stereocenters. The number of amides is 1. The van der Waals surface area contributed by atoms with Crippen LogP contribution in [-0.4, -0.2) is 34.0 Å². The van der Waals surface area contributed by atoms with Crippen LogP contribution in [0.1, 0.15) is 29.2 Å². The molecule has 8 heteroatoms. The van der Waals surface area contributed by atoms with Crippen LogP contribution in [0.4, 0.5) is 4.79 Å². The molecule has 0 radical (unpaired) electrons. The second-order valence-corrected chi connectivity index (χ2v) is 10.4. The molecule has 4 aromatic rings. The Morgan fingerprint density at radius 2 is 1.82 bits per heavy atom. The van der Waals surface area contributed by atoms with Gasteiger partial charge in [-0.1, -0.05) is 66.2 Å². The van der Waals surface area contributed by atoms with Gasteiger partial charge in [0.15, 0.2) is 17.3 Å². The minimum atomic E-state index is -0.304. The molecule has 6 rings (SSSR count). The molecule has 6 nitrogen and oxygen atoms in total. The van der Waals surface area contributed by atoms with Crippen molar-refractivity contribution >= 4 is 57.0 Å². The molecule has 0 aliphatic carbocycles. The number of phenolic OH excluding ortho intramolecular Hbond substituents is 1. The average Bonchev–Trinajstić information content (AvgIpc) is 3.53. The van der Waals surface area contributed by atoms with Crippen LogP contribution in [0, 0.1) is 0 Å². The summed E-state index contributed by atoms with van der Waals surface area (Å²) >= 11 is 7.23. The highest BCUT2D eigenvalue weighted by Crippen LogP contribution is 2.40. The lowest BCUT2D eigenvalue weighted by Crippen LogP contribution is -2.26. The standard InChI is InChI=1S/C30H22ClN3O3S/c1-37-27-14-18(6-13-26(27)35)15-28-29(32-30(36)38-28)34-25(20-9-11-23(31)12-10-20)17-24(33-34)22-8-7-19-4-2-3-5-21(19)16-22/h2-16,25,35H,17H2,1H3/b28-15-. The van der Waals surface area contributed by atoms with Crippen molar-refractivity contribution in [1.82, 2.24) is 5.01 Å². The maximum absolute atomic E-state index is 12.6. The molecular formula is C30H22ClN3O3S. The van der Waals surface area contributed by atoms with Gasteiger partial charge in [0.05, 0.1) is 23.8 Å². The first-order valence-electron chi connectivity index (χ1n) is 12.0. The number of phenols is 1. The van der Waals surface area contributed by atoms with E-state index in [0.717, 1.165) is 44.9 Å². The maximum Gasteiger partial charge on any atom is 0.311 e. The topological polar surface area (TPSA) is 74.5 Å². The number of aliphatic imine (C=N–C) groups is 1. The number of carbonyl (C=O) groups is 1. The lowest BCUT2D eigenvalue weighted by atomic mass is 9.97. The van der Waals surface area contributed by atoms with E-state index in [1.165, 1.54) is 7.11 Å². The maximum atomic E-state index is 12.6. The number of aromatic hydroxyl groups is 1. The number of benzene rings is 4. The molecule has 1 amide bonds. The fourth-order valence-corrected chi connectivity index (χ4v) is 5.56. The van der Waals surface area contributed by atoms with E-state index in [9.17, 15) is 9.90 Å². The monoisotopic (exact) mass is 539 g/mol. The third kappa shape index (κ3) is 4.66. The number of nitrogens with zero attached hydrogens (tertiary/aromatic N) is 3. The highest BCUT2D eigenvalue weighted by atomic mass is 35.5. The summed E-state index contributed by atoms with van der Waals surface area (Å²) in [5.41, 5.74) is 3.72. The Kier molecular flexibility index (Phi) is 6.39. The Morgan fingerprint density at radius 1 is 1.03 bits per heavy atom. The molecule has 0 aromatic heterocycles. The van der Waals surface area contributed by atoms with Crippen LogP contribution in [0.5, 0.6) is 11.5 Å². The van der Waals surface area contributed by atoms with Crippen molar-refractivity contribution in [3.63, 3.8) is 0 Å². The second kappa shape index (κ2) is 10.0. The zero-order valence-corrected chi connectivity index (χ0v) is 21.9. The quantitative estimate of drug-likeness (QED) is 0.288. The molecule has 1 atom stereocenters. The van der Waals surface area contributed by atoms with Gasteiger partial charge in [-0.15, -0.1) is 0 Å². The smallest absolute Gasteiger partial charge is 0.311 e. The summed E-state index contributed by atoms with van der Waals surface area (Å²) in [6.45, 7) is 0. The minimum Gasteiger partial charge on any atom is -0.504 e. The van der Waals surface area contributed by atoms with E-state index in [1.54, 1.807) is 18.2 Å². The van der Waals surface area contributed by atoms with Gasteiger partial charge in [-0.25, -0.2) is 5.01 Å². The van der Waals surface area contributed by atoms with Crippen LogP contribution in [0.25, 0.3) is 16.8 Å². The summed E-state index contributed by atoms with van der Waals surface area (Å²) in [4.78, 5) is 17.6. The van der Waals surface area contributed by atoms with Gasteiger partial charge in [0, 0.05) is 11.4 Å². The Hall–Kier alpha value is -4.07. The van der Waals surface area contributed by atoms with Crippen molar-refractivity contribution < 1.29 is 14.6 Å². The van der Waals surface area contributed by atoms with Gasteiger partial charge in [-0.2, -0.15) is 10.1 Å². The molecule has 0 bridgehead atoms. The Bertz CT molecular complexity index is 1660. The van der Waals surface area contributed by atoms with Crippen LogP contribution in [-0.2, 0) is 0 Å². The zero-order valence-electron chi connectivity index (χ0n) is 20.3. The van der Waals surface area contributed by atoms with E-state index in [2.05, 4.69) is 35.3 Å². The van der Waals surface area contributed by atoms with E-state index in [-0.39, 0.29) is 17.0 Å². The van der Waals surface area contributed by atoms with Crippen molar-refractivity contribution in [2.45, 2.75) is 12.5 Å². The fraction of sp³-hybridized carbons (Fsp3) is 0.100. The lowest BCUT2D eigenvalue weighted by Gasteiger charge is -2.24. The minimum absolute atomic E-state index is 0.0469. The molecule has 1 N–H and O–H groups in total. The van der Waals surface area contributed by atoms with Crippen LogP contribution in [0.15, 0.2) is 99.9 Å². The fourth-order valence-electron chi connectivity index (χ4n) is 4.69. The van der Waals surface area contributed by atoms with Crippen molar-refractivity contribution in [3.8, 4) is 11.5 Å². The molecule has 4 aromatic carbocycles. The summed E-state index contributed by atoms with van der Waals surface area (Å²) in [5.74, 6) is 0.887. The van der Waals surface area contributed by atoms with E-state index in [1.807, 2.05) is 47.5 Å². The zero-order chi connectivity index (χ0) is 26.2. The molecule has 38 heavy (non-hydrogen) atoms. The van der Waals surface area contributed by atoms with Crippen molar-refractivity contribution in [1.29, 1.82) is 0 Å². The molecule has 0 saturated carbocycles. The molecule has 0 spiro atoms. The Morgan fingerprint density at radius 3 is 2.61 bits per heavy atom. The number of hydrazone groups is 1. The van der Waals surface area contributed by atoms with E-state index in [0.29, 0.717) is 27.9 Å². The lowest BCUT2D eigenvalue weighted by molar-refractivity contribution is 0.267. The molecule has 2 aliphatic rings. The Balaban J connectivity index is 1.43. The van der Waals surface area contributed by atoms with Gasteiger partial charge < -0.3 is 9.84 Å². The number of amidine groups is 1. The number of rotatable bonds is 4. The predicted octanol–water partition coefficient (Wildman–Crippen LogP) is 7.66. The SMILES string of the molecule is COc1cc(/C=C2\SC(=O)N=C2N2N=C(c3ccc4ccccc4c3)CC2c2ccc(Cl)cc2)ccc1O. The van der Waals surface area contributed by atoms with Crippen molar-refractivity contribution in [2.24, 2.45) is 10.1 Å². The number of fused-ring (bicyclic) bond motifs is 1. The molecule has 2 aliphatic heterocycles. The van der Waals surface area contributed by atoms with E-state index in [4.69, 9.17) is 21.4 Å². The summed E-state index contributed by atoms with van der Waals surface area (Å²) in [6, 6.07) is 27.1. The number of hydrogen-bond donors (Lipinski definition) is 1. The summed E-state index contributed by atoms with van der Waals surface area (Å²) in [7, 11) is 1.50. The van der Waals surface area contributed by atoms with Crippen molar-refractivity contribution in [3.05, 3.63) is 112 Å². The van der Waals surface area contributed by atoms with E-state index < -0.39 is 0 Å². The van der Waals surface area contributed by atoms with Gasteiger partial charge in [-0.05, 0) is 75.6 Å². The van der Waals surface area contributed by atoms with Gasteiger partial charge >= 0.3 is 5.24 Å². The number of thioether (sulfide) groups is 1. The summed E-state index contributed by atoms with van der Waals surface area (Å²) < 4.78 is 5.25. The first-order valence-corrected chi connectivity index (χ1v) is 13.2. The third-order valence-corrected chi connectivity index (χ3v) is 7.62. The van der Waals surface area contributed by atoms with Crippen LogP contribution < -0.4 is 4.74 Å². The van der Waals surface area contributed by atoms with Gasteiger partial charge in [0.1, 0.15) is 0 Å². The summed E-state index contributed by atoms with van der Waals surface area (Å²) in [6.07, 6.45) is 2.50. The normalized spacial score (nSPS) is 18.3. The van der Waals surface area contributed by atoms with Crippen molar-refractivity contribution in [2.75, 3.05) is 7.11 Å². The molecule has 0 fully saturated rings. The largest absolute Gasteiger partial charge is 0.504 e. The number of ether oxygens (including phenoxy) is 1. The van der Waals surface area contributed by atoms with Gasteiger partial charge in [0.2, 0.25) is 0 Å².